The van der Waals surface area contributed by atoms with Crippen LogP contribution in [0.5, 0.6) is 10.9 Å². The first-order chi connectivity index (χ1) is 10.0. The molecular formula is C17H18N2OS. The molecule has 0 aliphatic rings. The van der Waals surface area contributed by atoms with Crippen LogP contribution in [0.2, 0.25) is 0 Å². The smallest absolute Gasteiger partial charge is 0.279 e. The lowest BCUT2D eigenvalue weighted by Crippen LogP contribution is -1.92. The van der Waals surface area contributed by atoms with Gasteiger partial charge in [-0.15, -0.1) is 0 Å². The van der Waals surface area contributed by atoms with Crippen molar-refractivity contribution in [3.63, 3.8) is 0 Å². The lowest BCUT2D eigenvalue weighted by atomic mass is 9.98. The summed E-state index contributed by atoms with van der Waals surface area (Å²) < 4.78 is 6.93. The number of hydrogen-bond acceptors (Lipinski definition) is 4. The molecule has 0 spiro atoms. The fourth-order valence-corrected chi connectivity index (χ4v) is 3.31. The summed E-state index contributed by atoms with van der Waals surface area (Å²) >= 11 is 1.51. The van der Waals surface area contributed by atoms with Gasteiger partial charge in [0, 0.05) is 5.69 Å². The fourth-order valence-electron chi connectivity index (χ4n) is 2.42. The molecule has 2 aromatic carbocycles. The van der Waals surface area contributed by atoms with Crippen LogP contribution >= 0.6 is 11.3 Å². The van der Waals surface area contributed by atoms with Crippen LogP contribution in [0.4, 0.5) is 5.69 Å². The van der Waals surface area contributed by atoms with E-state index < -0.39 is 0 Å². The quantitative estimate of drug-likeness (QED) is 0.684. The number of fused-ring (bicyclic) bond motifs is 1. The average molecular weight is 298 g/mol. The Balaban J connectivity index is 1.89. The van der Waals surface area contributed by atoms with Crippen LogP contribution < -0.4 is 10.5 Å². The molecule has 0 aliphatic heterocycles. The Morgan fingerprint density at radius 2 is 1.95 bits per heavy atom. The number of rotatable bonds is 3. The largest absolute Gasteiger partial charge is 0.431 e. The normalized spacial score (nSPS) is 11.2. The van der Waals surface area contributed by atoms with E-state index in [0.29, 0.717) is 11.1 Å². The highest BCUT2D eigenvalue weighted by atomic mass is 32.1. The number of aryl methyl sites for hydroxylation is 1. The summed E-state index contributed by atoms with van der Waals surface area (Å²) in [6.45, 7) is 6.50. The van der Waals surface area contributed by atoms with Crippen LogP contribution in [0.15, 0.2) is 36.4 Å². The highest BCUT2D eigenvalue weighted by Crippen LogP contribution is 2.33. The number of anilines is 1. The predicted octanol–water partition coefficient (Wildman–Crippen LogP) is 5.10. The number of nitrogens with two attached hydrogens (primary N) is 1. The van der Waals surface area contributed by atoms with Gasteiger partial charge in [-0.25, -0.2) is 4.98 Å². The van der Waals surface area contributed by atoms with Crippen LogP contribution in [0.25, 0.3) is 10.2 Å². The maximum Gasteiger partial charge on any atom is 0.279 e. The van der Waals surface area contributed by atoms with Gasteiger partial charge in [-0.05, 0) is 54.3 Å². The van der Waals surface area contributed by atoms with E-state index in [-0.39, 0.29) is 0 Å². The summed E-state index contributed by atoms with van der Waals surface area (Å²) in [5.41, 5.74) is 10.0. The molecule has 1 heterocycles. The Hall–Kier alpha value is -2.07. The molecule has 3 rings (SSSR count). The molecule has 4 heteroatoms. The molecule has 21 heavy (non-hydrogen) atoms. The van der Waals surface area contributed by atoms with Gasteiger partial charge in [0.25, 0.3) is 5.19 Å². The van der Waals surface area contributed by atoms with E-state index in [1.165, 1.54) is 22.5 Å². The van der Waals surface area contributed by atoms with Gasteiger partial charge in [-0.1, -0.05) is 31.3 Å². The monoisotopic (exact) mass is 298 g/mol. The van der Waals surface area contributed by atoms with Crippen molar-refractivity contribution in [1.82, 2.24) is 4.98 Å². The molecule has 0 unspecified atom stereocenters. The summed E-state index contributed by atoms with van der Waals surface area (Å²) in [7, 11) is 0. The lowest BCUT2D eigenvalue weighted by Gasteiger charge is -2.11. The molecule has 0 amide bonds. The van der Waals surface area contributed by atoms with Crippen LogP contribution in [-0.2, 0) is 0 Å². The summed E-state index contributed by atoms with van der Waals surface area (Å²) in [5, 5.41) is 0.646. The van der Waals surface area contributed by atoms with Crippen LogP contribution in [0.1, 0.15) is 30.9 Å². The van der Waals surface area contributed by atoms with Gasteiger partial charge in [-0.2, -0.15) is 0 Å². The van der Waals surface area contributed by atoms with E-state index in [4.69, 9.17) is 10.5 Å². The highest BCUT2D eigenvalue weighted by molar-refractivity contribution is 7.20. The number of aromatic nitrogens is 1. The summed E-state index contributed by atoms with van der Waals surface area (Å²) in [6, 6.07) is 11.9. The third-order valence-electron chi connectivity index (χ3n) is 3.46. The Labute approximate surface area is 128 Å². The summed E-state index contributed by atoms with van der Waals surface area (Å²) in [5.74, 6) is 1.34. The predicted molar refractivity (Wildman–Crippen MR) is 89.4 cm³/mol. The van der Waals surface area contributed by atoms with Crippen LogP contribution in [0, 0.1) is 6.92 Å². The van der Waals surface area contributed by atoms with Crippen molar-refractivity contribution in [1.29, 1.82) is 0 Å². The van der Waals surface area contributed by atoms with Crippen LogP contribution in [-0.4, -0.2) is 4.98 Å². The molecule has 108 valence electrons. The van der Waals surface area contributed by atoms with Gasteiger partial charge in [0.1, 0.15) is 5.75 Å². The van der Waals surface area contributed by atoms with Gasteiger partial charge in [0.05, 0.1) is 10.2 Å². The molecule has 3 nitrogen and oxygen atoms in total. The van der Waals surface area contributed by atoms with Crippen LogP contribution in [0.3, 0.4) is 0 Å². The Kier molecular flexibility index (Phi) is 3.55. The molecule has 0 fully saturated rings. The molecule has 0 saturated carbocycles. The van der Waals surface area contributed by atoms with Gasteiger partial charge in [-0.3, -0.25) is 0 Å². The lowest BCUT2D eigenvalue weighted by molar-refractivity contribution is 0.479. The van der Waals surface area contributed by atoms with E-state index in [9.17, 15) is 0 Å². The molecule has 0 aliphatic carbocycles. The van der Waals surface area contributed by atoms with Gasteiger partial charge < -0.3 is 10.5 Å². The second-order valence-electron chi connectivity index (χ2n) is 5.48. The molecule has 0 radical (unpaired) electrons. The standard InChI is InChI=1S/C17H18N2OS/c1-10(2)14-6-5-13(8-11(14)3)20-17-19-15-7-4-12(18)9-16(15)21-17/h4-10H,18H2,1-3H3. The molecule has 0 bridgehead atoms. The van der Waals surface area contributed by atoms with Crippen molar-refractivity contribution < 1.29 is 4.74 Å². The zero-order valence-electron chi connectivity index (χ0n) is 12.4. The SMILES string of the molecule is Cc1cc(Oc2nc3ccc(N)cc3s2)ccc1C(C)C. The zero-order valence-corrected chi connectivity index (χ0v) is 13.2. The fraction of sp³-hybridized carbons (Fsp3) is 0.235. The number of hydrogen-bond donors (Lipinski definition) is 1. The first-order valence-electron chi connectivity index (χ1n) is 6.97. The second kappa shape index (κ2) is 5.37. The van der Waals surface area contributed by atoms with Crippen molar-refractivity contribution in [3.8, 4) is 10.9 Å². The minimum Gasteiger partial charge on any atom is -0.431 e. The van der Waals surface area contributed by atoms with E-state index >= 15 is 0 Å². The van der Waals surface area contributed by atoms with E-state index in [2.05, 4.69) is 37.9 Å². The summed E-state index contributed by atoms with van der Waals surface area (Å²) in [6.07, 6.45) is 0. The first-order valence-corrected chi connectivity index (χ1v) is 7.79. The first kappa shape index (κ1) is 13.9. The number of nitrogens with zero attached hydrogens (tertiary/aromatic N) is 1. The second-order valence-corrected chi connectivity index (χ2v) is 6.48. The van der Waals surface area contributed by atoms with Gasteiger partial charge in [0.2, 0.25) is 0 Å². The van der Waals surface area contributed by atoms with Gasteiger partial charge in [0.15, 0.2) is 0 Å². The Morgan fingerprint density at radius 3 is 2.67 bits per heavy atom. The Bertz CT molecular complexity index is 793. The molecule has 3 aromatic rings. The maximum atomic E-state index is 5.89. The molecule has 2 N–H and O–H groups in total. The Morgan fingerprint density at radius 1 is 1.14 bits per heavy atom. The highest BCUT2D eigenvalue weighted by Gasteiger charge is 2.09. The molecule has 0 atom stereocenters. The third kappa shape index (κ3) is 2.85. The number of thiazole rings is 1. The van der Waals surface area contributed by atoms with Crippen molar-refractivity contribution in [2.45, 2.75) is 26.7 Å². The topological polar surface area (TPSA) is 48.1 Å². The molecule has 0 saturated heterocycles. The minimum absolute atomic E-state index is 0.518. The number of benzene rings is 2. The van der Waals surface area contributed by atoms with E-state index in [0.717, 1.165) is 21.7 Å². The summed E-state index contributed by atoms with van der Waals surface area (Å²) in [4.78, 5) is 4.48. The molecule has 1 aromatic heterocycles. The average Bonchev–Trinajstić information content (AvgIpc) is 2.79. The molecular weight excluding hydrogens is 280 g/mol. The zero-order chi connectivity index (χ0) is 15.0. The van der Waals surface area contributed by atoms with Crippen molar-refractivity contribution in [3.05, 3.63) is 47.5 Å². The minimum atomic E-state index is 0.518. The third-order valence-corrected chi connectivity index (χ3v) is 4.36. The number of ether oxygens (including phenoxy) is 1. The van der Waals surface area contributed by atoms with E-state index in [1.807, 2.05) is 24.3 Å². The van der Waals surface area contributed by atoms with Gasteiger partial charge >= 0.3 is 0 Å². The van der Waals surface area contributed by atoms with E-state index in [1.54, 1.807) is 0 Å². The van der Waals surface area contributed by atoms with Crippen molar-refractivity contribution in [2.24, 2.45) is 0 Å². The maximum absolute atomic E-state index is 5.89. The van der Waals surface area contributed by atoms with Crippen molar-refractivity contribution >= 4 is 27.2 Å². The van der Waals surface area contributed by atoms with Crippen molar-refractivity contribution in [2.75, 3.05) is 5.73 Å². The number of nitrogen functional groups attached to an aromatic ring is 1.